The number of methoxy groups -OCH3 is 1. The predicted octanol–water partition coefficient (Wildman–Crippen LogP) is 0.310. The Morgan fingerprint density at radius 1 is 1.53 bits per heavy atom. The average Bonchev–Trinajstić information content (AvgIpc) is 2.39. The van der Waals surface area contributed by atoms with Crippen molar-refractivity contribution in [3.63, 3.8) is 0 Å². The number of carbonyl (C=O) groups excluding carboxylic acids is 1. The fraction of sp³-hybridized carbons (Fsp3) is 0.417. The number of ether oxygens (including phenoxy) is 2. The number of hydrogen-bond donors (Lipinski definition) is 2. The molecule has 1 heterocycles. The van der Waals surface area contributed by atoms with Crippen molar-refractivity contribution in [1.29, 1.82) is 0 Å². The first kappa shape index (κ1) is 14.9. The van der Waals surface area contributed by atoms with Crippen molar-refractivity contribution in [2.75, 3.05) is 20.3 Å². The molecular formula is C12H16N2O5. The summed E-state index contributed by atoms with van der Waals surface area (Å²) in [5, 5.41) is 11.6. The van der Waals surface area contributed by atoms with E-state index in [4.69, 9.17) is 14.6 Å². The zero-order chi connectivity index (χ0) is 14.3. The third kappa shape index (κ3) is 4.55. The maximum Gasteiger partial charge on any atom is 0.339 e. The van der Waals surface area contributed by atoms with Crippen LogP contribution in [0.3, 0.4) is 0 Å². The van der Waals surface area contributed by atoms with Gasteiger partial charge >= 0.3 is 5.97 Å². The SMILES string of the molecule is COCCNC(=O)C(C)Oc1cnccc1C(=O)O. The largest absolute Gasteiger partial charge is 0.478 e. The van der Waals surface area contributed by atoms with Crippen LogP contribution in [0.1, 0.15) is 17.3 Å². The number of amides is 1. The second-order valence-corrected chi connectivity index (χ2v) is 3.72. The zero-order valence-corrected chi connectivity index (χ0v) is 10.8. The molecule has 0 spiro atoms. The number of rotatable bonds is 7. The average molecular weight is 268 g/mol. The Bertz CT molecular complexity index is 450. The Balaban J connectivity index is 2.63. The minimum Gasteiger partial charge on any atom is -0.478 e. The highest BCUT2D eigenvalue weighted by Gasteiger charge is 2.18. The van der Waals surface area contributed by atoms with Crippen molar-refractivity contribution < 1.29 is 24.2 Å². The maximum absolute atomic E-state index is 11.6. The van der Waals surface area contributed by atoms with Crippen LogP contribution in [0.25, 0.3) is 0 Å². The van der Waals surface area contributed by atoms with Crippen LogP contribution in [-0.2, 0) is 9.53 Å². The Kier molecular flexibility index (Phi) is 5.74. The van der Waals surface area contributed by atoms with Crippen molar-refractivity contribution in [2.45, 2.75) is 13.0 Å². The van der Waals surface area contributed by atoms with Gasteiger partial charge in [-0.3, -0.25) is 9.78 Å². The molecule has 0 saturated heterocycles. The number of hydrogen-bond acceptors (Lipinski definition) is 5. The highest BCUT2D eigenvalue weighted by atomic mass is 16.5. The summed E-state index contributed by atoms with van der Waals surface area (Å²) in [6.07, 6.45) is 1.79. The van der Waals surface area contributed by atoms with E-state index in [2.05, 4.69) is 10.3 Å². The lowest BCUT2D eigenvalue weighted by Gasteiger charge is -2.15. The lowest BCUT2D eigenvalue weighted by atomic mass is 10.2. The Labute approximate surface area is 110 Å². The topological polar surface area (TPSA) is 97.8 Å². The molecule has 0 aliphatic heterocycles. The third-order valence-electron chi connectivity index (χ3n) is 2.29. The van der Waals surface area contributed by atoms with E-state index in [-0.39, 0.29) is 17.2 Å². The van der Waals surface area contributed by atoms with Crippen LogP contribution in [-0.4, -0.2) is 48.3 Å². The third-order valence-corrected chi connectivity index (χ3v) is 2.29. The summed E-state index contributed by atoms with van der Waals surface area (Å²) in [7, 11) is 1.53. The predicted molar refractivity (Wildman–Crippen MR) is 66.2 cm³/mol. The van der Waals surface area contributed by atoms with E-state index >= 15 is 0 Å². The molecule has 2 N–H and O–H groups in total. The van der Waals surface area contributed by atoms with Gasteiger partial charge in [0.25, 0.3) is 5.91 Å². The van der Waals surface area contributed by atoms with E-state index in [1.165, 1.54) is 32.5 Å². The molecule has 19 heavy (non-hydrogen) atoms. The van der Waals surface area contributed by atoms with Gasteiger partial charge in [-0.25, -0.2) is 4.79 Å². The van der Waals surface area contributed by atoms with Crippen molar-refractivity contribution >= 4 is 11.9 Å². The van der Waals surface area contributed by atoms with E-state index in [0.29, 0.717) is 13.2 Å². The molecule has 0 aromatic carbocycles. The van der Waals surface area contributed by atoms with E-state index in [1.54, 1.807) is 0 Å². The number of carbonyl (C=O) groups is 2. The molecule has 0 aliphatic carbocycles. The second kappa shape index (κ2) is 7.32. The second-order valence-electron chi connectivity index (χ2n) is 3.72. The normalized spacial score (nSPS) is 11.7. The van der Waals surface area contributed by atoms with E-state index in [0.717, 1.165) is 0 Å². The van der Waals surface area contributed by atoms with Crippen LogP contribution in [0, 0.1) is 0 Å². The van der Waals surface area contributed by atoms with Gasteiger partial charge in [0.15, 0.2) is 11.9 Å². The van der Waals surface area contributed by atoms with Crippen LogP contribution in [0.4, 0.5) is 0 Å². The molecule has 1 atom stereocenters. The highest BCUT2D eigenvalue weighted by Crippen LogP contribution is 2.17. The molecule has 1 amide bonds. The van der Waals surface area contributed by atoms with Gasteiger partial charge in [0.05, 0.1) is 12.8 Å². The summed E-state index contributed by atoms with van der Waals surface area (Å²) >= 11 is 0. The Morgan fingerprint density at radius 2 is 2.26 bits per heavy atom. The van der Waals surface area contributed by atoms with E-state index < -0.39 is 12.1 Å². The van der Waals surface area contributed by atoms with Gasteiger partial charge in [-0.1, -0.05) is 0 Å². The number of aromatic carboxylic acids is 1. The zero-order valence-electron chi connectivity index (χ0n) is 10.8. The molecule has 104 valence electrons. The lowest BCUT2D eigenvalue weighted by molar-refractivity contribution is -0.127. The molecule has 0 bridgehead atoms. The number of nitrogens with one attached hydrogen (secondary N) is 1. The van der Waals surface area contributed by atoms with Gasteiger partial charge < -0.3 is 19.9 Å². The van der Waals surface area contributed by atoms with E-state index in [9.17, 15) is 9.59 Å². The molecule has 0 radical (unpaired) electrons. The fourth-order valence-corrected chi connectivity index (χ4v) is 1.31. The van der Waals surface area contributed by atoms with Crippen LogP contribution in [0.5, 0.6) is 5.75 Å². The molecule has 1 aromatic heterocycles. The van der Waals surface area contributed by atoms with Gasteiger partial charge in [0.1, 0.15) is 5.56 Å². The summed E-state index contributed by atoms with van der Waals surface area (Å²) in [5.41, 5.74) is -0.0356. The summed E-state index contributed by atoms with van der Waals surface area (Å²) in [6.45, 7) is 2.29. The minimum atomic E-state index is -1.13. The number of carboxylic acids is 1. The monoisotopic (exact) mass is 268 g/mol. The van der Waals surface area contributed by atoms with Crippen molar-refractivity contribution in [2.24, 2.45) is 0 Å². The van der Waals surface area contributed by atoms with Crippen LogP contribution in [0.15, 0.2) is 18.5 Å². The van der Waals surface area contributed by atoms with Gasteiger partial charge in [0, 0.05) is 19.9 Å². The first-order chi connectivity index (χ1) is 9.06. The molecule has 1 aromatic rings. The Morgan fingerprint density at radius 3 is 2.89 bits per heavy atom. The first-order valence-corrected chi connectivity index (χ1v) is 5.67. The van der Waals surface area contributed by atoms with Crippen LogP contribution < -0.4 is 10.1 Å². The molecule has 7 heteroatoms. The van der Waals surface area contributed by atoms with Gasteiger partial charge in [-0.15, -0.1) is 0 Å². The van der Waals surface area contributed by atoms with Gasteiger partial charge in [0.2, 0.25) is 0 Å². The quantitative estimate of drug-likeness (QED) is 0.691. The Hall–Kier alpha value is -2.15. The maximum atomic E-state index is 11.6. The van der Waals surface area contributed by atoms with Gasteiger partial charge in [-0.2, -0.15) is 0 Å². The fourth-order valence-electron chi connectivity index (χ4n) is 1.31. The molecule has 0 aliphatic rings. The number of pyridine rings is 1. The van der Waals surface area contributed by atoms with Crippen LogP contribution >= 0.6 is 0 Å². The number of aromatic nitrogens is 1. The van der Waals surface area contributed by atoms with Gasteiger partial charge in [-0.05, 0) is 13.0 Å². The highest BCUT2D eigenvalue weighted by molar-refractivity contribution is 5.90. The number of carboxylic acid groups (broad SMARTS) is 1. The molecule has 0 saturated carbocycles. The molecule has 1 rings (SSSR count). The summed E-state index contributed by atoms with van der Waals surface area (Å²) in [6, 6.07) is 1.31. The standard InChI is InChI=1S/C12H16N2O5/c1-8(11(15)14-5-6-18-2)19-10-7-13-4-3-9(10)12(16)17/h3-4,7-8H,5-6H2,1-2H3,(H,14,15)(H,16,17). The summed E-state index contributed by atoms with van der Waals surface area (Å²) in [5.74, 6) is -1.42. The van der Waals surface area contributed by atoms with Crippen LogP contribution in [0.2, 0.25) is 0 Å². The van der Waals surface area contributed by atoms with E-state index in [1.807, 2.05) is 0 Å². The minimum absolute atomic E-state index is 0.0356. The first-order valence-electron chi connectivity index (χ1n) is 5.67. The molecule has 1 unspecified atom stereocenters. The summed E-state index contributed by atoms with van der Waals surface area (Å²) in [4.78, 5) is 26.4. The van der Waals surface area contributed by atoms with Crippen molar-refractivity contribution in [3.05, 3.63) is 24.0 Å². The lowest BCUT2D eigenvalue weighted by Crippen LogP contribution is -2.38. The number of nitrogens with zero attached hydrogens (tertiary/aromatic N) is 1. The summed E-state index contributed by atoms with van der Waals surface area (Å²) < 4.78 is 10.1. The smallest absolute Gasteiger partial charge is 0.339 e. The van der Waals surface area contributed by atoms with Crippen molar-refractivity contribution in [1.82, 2.24) is 10.3 Å². The van der Waals surface area contributed by atoms with Crippen molar-refractivity contribution in [3.8, 4) is 5.75 Å². The molecule has 7 nitrogen and oxygen atoms in total. The molecule has 0 fully saturated rings. The molecular weight excluding hydrogens is 252 g/mol.